The van der Waals surface area contributed by atoms with E-state index in [-0.39, 0.29) is 11.3 Å². The predicted molar refractivity (Wildman–Crippen MR) is 136 cm³/mol. The Morgan fingerprint density at radius 3 is 2.41 bits per heavy atom. The molecule has 0 aliphatic carbocycles. The van der Waals surface area contributed by atoms with Crippen LogP contribution in [0.5, 0.6) is 5.75 Å². The number of rotatable bonds is 10. The zero-order valence-corrected chi connectivity index (χ0v) is 22.3. The summed E-state index contributed by atoms with van der Waals surface area (Å²) in [6.07, 6.45) is 1.41. The van der Waals surface area contributed by atoms with Crippen molar-refractivity contribution >= 4 is 29.5 Å². The smallest absolute Gasteiger partial charge is 0.332 e. The molecule has 1 saturated heterocycles. The quantitative estimate of drug-likeness (QED) is 0.138. The molecule has 0 spiro atoms. The molecule has 1 amide bonds. The van der Waals surface area contributed by atoms with Crippen molar-refractivity contribution in [2.75, 3.05) is 5.73 Å². The van der Waals surface area contributed by atoms with Crippen LogP contribution in [0, 0.1) is 11.8 Å². The molecule has 2 rings (SSSR count). The number of nitrogen functional groups attached to an aromatic ring is 1. The number of para-hydroxylation sites is 1. The lowest BCUT2D eigenvalue weighted by Gasteiger charge is -2.30. The van der Waals surface area contributed by atoms with Gasteiger partial charge in [0.25, 0.3) is 5.91 Å². The monoisotopic (exact) mass is 520 g/mol. The summed E-state index contributed by atoms with van der Waals surface area (Å²) in [5.74, 6) is -4.46. The summed E-state index contributed by atoms with van der Waals surface area (Å²) in [6, 6.07) is 2.88. The summed E-state index contributed by atoms with van der Waals surface area (Å²) >= 11 is 0. The molecule has 10 heteroatoms. The number of carbonyl (C=O) groups excluding carboxylic acids is 4. The lowest BCUT2D eigenvalue weighted by molar-refractivity contribution is -0.177. The number of phenols is 1. The van der Waals surface area contributed by atoms with Gasteiger partial charge in [-0.15, -0.1) is 0 Å². The van der Waals surface area contributed by atoms with Crippen LogP contribution in [0.1, 0.15) is 83.5 Å². The van der Waals surface area contributed by atoms with Crippen molar-refractivity contribution in [3.8, 4) is 5.75 Å². The summed E-state index contributed by atoms with van der Waals surface area (Å²) in [6.45, 7) is 8.67. The predicted octanol–water partition coefficient (Wildman–Crippen LogP) is 3.49. The minimum Gasteiger partial charge on any atom is -0.505 e. The average molecular weight is 521 g/mol. The maximum atomic E-state index is 13.3. The largest absolute Gasteiger partial charge is 0.505 e. The van der Waals surface area contributed by atoms with Crippen molar-refractivity contribution in [3.05, 3.63) is 23.8 Å². The van der Waals surface area contributed by atoms with Crippen LogP contribution in [-0.4, -0.2) is 53.3 Å². The van der Waals surface area contributed by atoms with E-state index in [0.717, 1.165) is 19.3 Å². The molecule has 0 radical (unpaired) electrons. The zero-order valence-electron chi connectivity index (χ0n) is 22.3. The van der Waals surface area contributed by atoms with E-state index in [2.05, 4.69) is 12.2 Å². The van der Waals surface area contributed by atoms with Crippen LogP contribution in [0.3, 0.4) is 0 Å². The summed E-state index contributed by atoms with van der Waals surface area (Å²) < 4.78 is 17.0. The van der Waals surface area contributed by atoms with Crippen molar-refractivity contribution in [1.82, 2.24) is 5.32 Å². The third-order valence-electron chi connectivity index (χ3n) is 6.72. The number of unbranched alkanes of at least 4 members (excludes halogenated alkanes) is 3. The van der Waals surface area contributed by atoms with Crippen LogP contribution in [0.15, 0.2) is 18.2 Å². The fourth-order valence-corrected chi connectivity index (χ4v) is 4.12. The van der Waals surface area contributed by atoms with Gasteiger partial charge in [-0.05, 0) is 38.8 Å². The Balaban J connectivity index is 2.34. The van der Waals surface area contributed by atoms with Gasteiger partial charge in [0.2, 0.25) is 0 Å². The number of benzene rings is 1. The molecular formula is C27H40N2O8. The molecule has 37 heavy (non-hydrogen) atoms. The van der Waals surface area contributed by atoms with Gasteiger partial charge in [-0.3, -0.25) is 14.4 Å². The van der Waals surface area contributed by atoms with E-state index in [1.807, 2.05) is 6.92 Å². The first-order valence-corrected chi connectivity index (χ1v) is 13.0. The van der Waals surface area contributed by atoms with Crippen LogP contribution >= 0.6 is 0 Å². The van der Waals surface area contributed by atoms with Crippen LogP contribution in [0.25, 0.3) is 0 Å². The Kier molecular flexibility index (Phi) is 11.2. The van der Waals surface area contributed by atoms with Gasteiger partial charge >= 0.3 is 17.9 Å². The van der Waals surface area contributed by atoms with E-state index < -0.39 is 65.8 Å². The highest BCUT2D eigenvalue weighted by atomic mass is 16.6. The molecule has 0 bridgehead atoms. The lowest BCUT2D eigenvalue weighted by atomic mass is 9.91. The molecule has 4 N–H and O–H groups in total. The van der Waals surface area contributed by atoms with Crippen LogP contribution in [0.4, 0.5) is 5.69 Å². The lowest BCUT2D eigenvalue weighted by Crippen LogP contribution is -2.50. The number of nitrogens with two attached hydrogens (primary N) is 1. The van der Waals surface area contributed by atoms with Gasteiger partial charge in [0.05, 0.1) is 23.1 Å². The van der Waals surface area contributed by atoms with Crippen molar-refractivity contribution < 1.29 is 38.5 Å². The second-order valence-corrected chi connectivity index (χ2v) is 9.65. The highest BCUT2D eigenvalue weighted by Gasteiger charge is 2.44. The van der Waals surface area contributed by atoms with E-state index >= 15 is 0 Å². The van der Waals surface area contributed by atoms with Gasteiger partial charge in [0, 0.05) is 0 Å². The fourth-order valence-electron chi connectivity index (χ4n) is 4.12. The van der Waals surface area contributed by atoms with Crippen molar-refractivity contribution in [1.29, 1.82) is 0 Å². The number of hydrogen-bond acceptors (Lipinski definition) is 9. The highest BCUT2D eigenvalue weighted by Crippen LogP contribution is 2.28. The molecule has 1 heterocycles. The first kappa shape index (κ1) is 29.9. The van der Waals surface area contributed by atoms with Crippen LogP contribution < -0.4 is 11.1 Å². The number of aromatic hydroxyl groups is 1. The number of esters is 3. The normalized spacial score (nSPS) is 25.1. The molecule has 1 aliphatic rings. The molecule has 0 aromatic heterocycles. The number of cyclic esters (lactones) is 2. The van der Waals surface area contributed by atoms with Crippen molar-refractivity contribution in [2.45, 2.75) is 97.5 Å². The van der Waals surface area contributed by atoms with Gasteiger partial charge in [-0.25, -0.2) is 4.79 Å². The molecule has 1 aliphatic heterocycles. The number of phenolic OH excluding ortho intramolecular Hbond substituents is 1. The van der Waals surface area contributed by atoms with Gasteiger partial charge < -0.3 is 30.4 Å². The third kappa shape index (κ3) is 7.84. The van der Waals surface area contributed by atoms with E-state index in [1.54, 1.807) is 13.8 Å². The first-order chi connectivity index (χ1) is 17.5. The molecule has 0 saturated carbocycles. The molecule has 1 unspecified atom stereocenters. The number of ether oxygens (including phenoxy) is 3. The topological polar surface area (TPSA) is 154 Å². The summed E-state index contributed by atoms with van der Waals surface area (Å²) in [4.78, 5) is 52.0. The Bertz CT molecular complexity index is 966. The summed E-state index contributed by atoms with van der Waals surface area (Å²) in [5.41, 5.74) is 5.53. The SMILES string of the molecule is CCCCCC[C@H]1C(=O)O[C@H](C)[C@H](NC(=O)c2cccc(N)c2O)C(=O)O[C@@H](C)[C@@H]1OC(=O)C(C)CC. The fraction of sp³-hybridized carbons (Fsp3) is 0.630. The van der Waals surface area contributed by atoms with E-state index in [1.165, 1.54) is 25.1 Å². The zero-order chi connectivity index (χ0) is 27.7. The van der Waals surface area contributed by atoms with Crippen LogP contribution in [-0.2, 0) is 28.6 Å². The Morgan fingerprint density at radius 1 is 1.08 bits per heavy atom. The molecule has 1 aromatic carbocycles. The maximum absolute atomic E-state index is 13.3. The summed E-state index contributed by atoms with van der Waals surface area (Å²) in [5, 5.41) is 12.6. The Labute approximate surface area is 218 Å². The van der Waals surface area contributed by atoms with Crippen LogP contribution in [0.2, 0.25) is 0 Å². The molecule has 1 fully saturated rings. The molecule has 1 aromatic rings. The average Bonchev–Trinajstić information content (AvgIpc) is 2.88. The van der Waals surface area contributed by atoms with Gasteiger partial charge in [0.1, 0.15) is 12.2 Å². The van der Waals surface area contributed by atoms with E-state index in [4.69, 9.17) is 19.9 Å². The number of amides is 1. The Hall–Kier alpha value is -3.30. The number of hydrogen-bond donors (Lipinski definition) is 3. The third-order valence-corrected chi connectivity index (χ3v) is 6.72. The van der Waals surface area contributed by atoms with Gasteiger partial charge in [-0.2, -0.15) is 0 Å². The molecular weight excluding hydrogens is 480 g/mol. The second-order valence-electron chi connectivity index (χ2n) is 9.65. The van der Waals surface area contributed by atoms with E-state index in [0.29, 0.717) is 19.3 Å². The number of anilines is 1. The van der Waals surface area contributed by atoms with Gasteiger partial charge in [0.15, 0.2) is 17.9 Å². The summed E-state index contributed by atoms with van der Waals surface area (Å²) in [7, 11) is 0. The standard InChI is InChI=1S/C27H40N2O8/c1-6-8-9-10-12-19-23(37-25(32)15(3)7-2)17(5)36-27(34)21(16(4)35-26(19)33)29-24(31)18-13-11-14-20(28)22(18)30/h11,13-17,19,21,23,30H,6-10,12,28H2,1-5H3,(H,29,31)/t15?,16-,17+,19-,21+,23+/m1/s1. The number of nitrogens with one attached hydrogen (secondary N) is 1. The Morgan fingerprint density at radius 2 is 1.76 bits per heavy atom. The molecule has 10 nitrogen and oxygen atoms in total. The second kappa shape index (κ2) is 13.9. The first-order valence-electron chi connectivity index (χ1n) is 13.0. The maximum Gasteiger partial charge on any atom is 0.332 e. The van der Waals surface area contributed by atoms with E-state index in [9.17, 15) is 24.3 Å². The molecule has 6 atom stereocenters. The number of carbonyl (C=O) groups is 4. The minimum atomic E-state index is -1.37. The highest BCUT2D eigenvalue weighted by molar-refractivity contribution is 6.00. The van der Waals surface area contributed by atoms with Crippen molar-refractivity contribution in [3.63, 3.8) is 0 Å². The van der Waals surface area contributed by atoms with Crippen molar-refractivity contribution in [2.24, 2.45) is 11.8 Å². The minimum absolute atomic E-state index is 0.00493. The van der Waals surface area contributed by atoms with Gasteiger partial charge in [-0.1, -0.05) is 52.5 Å². The molecule has 206 valence electrons.